The van der Waals surface area contributed by atoms with Gasteiger partial charge in [0.2, 0.25) is 0 Å². The first kappa shape index (κ1) is 12.6. The number of aromatic nitrogens is 2. The molecule has 1 aromatic carbocycles. The van der Waals surface area contributed by atoms with Gasteiger partial charge in [-0.15, -0.1) is 0 Å². The third-order valence-corrected chi connectivity index (χ3v) is 3.60. The number of nitrogens with zero attached hydrogens (tertiary/aromatic N) is 2. The van der Waals surface area contributed by atoms with Crippen LogP contribution in [0.3, 0.4) is 0 Å². The Morgan fingerprint density at radius 3 is 2.89 bits per heavy atom. The van der Waals surface area contributed by atoms with E-state index in [1.165, 1.54) is 17.8 Å². The summed E-state index contributed by atoms with van der Waals surface area (Å²) in [5.41, 5.74) is 6.28. The van der Waals surface area contributed by atoms with E-state index < -0.39 is 0 Å². The molecule has 0 saturated carbocycles. The highest BCUT2D eigenvalue weighted by Gasteiger charge is 2.07. The number of rotatable bonds is 4. The zero-order chi connectivity index (χ0) is 13.1. The number of nitrogen functional groups attached to an aromatic ring is 1. The number of benzene rings is 1. The molecule has 2 rings (SSSR count). The van der Waals surface area contributed by atoms with E-state index in [2.05, 4.69) is 4.98 Å². The van der Waals surface area contributed by atoms with Crippen LogP contribution in [0.15, 0.2) is 35.7 Å². The van der Waals surface area contributed by atoms with Gasteiger partial charge in [-0.05, 0) is 11.6 Å². The van der Waals surface area contributed by atoms with Crippen molar-refractivity contribution in [3.05, 3.63) is 47.5 Å². The molecular formula is C12H13FN4S. The van der Waals surface area contributed by atoms with E-state index in [1.807, 2.05) is 17.8 Å². The standard InChI is InChI=1S/C12H13FN4S/c1-17-5-4-16-12(17)18-7-9-3-2-8(11(14)15)6-10(9)13/h2-6H,7H2,1H3,(H3,14,15). The van der Waals surface area contributed by atoms with Crippen LogP contribution >= 0.6 is 11.8 Å². The molecule has 4 nitrogen and oxygen atoms in total. The van der Waals surface area contributed by atoms with E-state index in [1.54, 1.807) is 18.3 Å². The van der Waals surface area contributed by atoms with Crippen molar-refractivity contribution in [3.8, 4) is 0 Å². The van der Waals surface area contributed by atoms with Crippen molar-refractivity contribution in [2.75, 3.05) is 0 Å². The molecule has 0 fully saturated rings. The second kappa shape index (κ2) is 5.22. The fourth-order valence-corrected chi connectivity index (χ4v) is 2.38. The molecule has 0 unspecified atom stereocenters. The van der Waals surface area contributed by atoms with E-state index in [9.17, 15) is 4.39 Å². The summed E-state index contributed by atoms with van der Waals surface area (Å²) >= 11 is 1.46. The predicted octanol–water partition coefficient (Wildman–Crippen LogP) is 2.14. The molecule has 0 radical (unpaired) electrons. The van der Waals surface area contributed by atoms with Gasteiger partial charge in [0.05, 0.1) is 0 Å². The molecular weight excluding hydrogens is 251 g/mol. The lowest BCUT2D eigenvalue weighted by Crippen LogP contribution is -2.11. The first-order valence-electron chi connectivity index (χ1n) is 5.31. The quantitative estimate of drug-likeness (QED) is 0.505. The number of hydrogen-bond acceptors (Lipinski definition) is 3. The van der Waals surface area contributed by atoms with Gasteiger partial charge in [0, 0.05) is 30.8 Å². The Balaban J connectivity index is 2.11. The van der Waals surface area contributed by atoms with Crippen molar-refractivity contribution in [3.63, 3.8) is 0 Å². The van der Waals surface area contributed by atoms with E-state index in [0.29, 0.717) is 16.9 Å². The Kier molecular flexibility index (Phi) is 3.66. The van der Waals surface area contributed by atoms with Crippen molar-refractivity contribution in [1.82, 2.24) is 9.55 Å². The summed E-state index contributed by atoms with van der Waals surface area (Å²) in [7, 11) is 1.89. The van der Waals surface area contributed by atoms with Crippen LogP contribution in [0, 0.1) is 11.2 Å². The summed E-state index contributed by atoms with van der Waals surface area (Å²) in [6, 6.07) is 4.60. The first-order chi connectivity index (χ1) is 8.58. The van der Waals surface area contributed by atoms with Crippen LogP contribution in [0.4, 0.5) is 4.39 Å². The van der Waals surface area contributed by atoms with Gasteiger partial charge in [0.25, 0.3) is 0 Å². The second-order valence-corrected chi connectivity index (χ2v) is 4.77. The van der Waals surface area contributed by atoms with E-state index in [-0.39, 0.29) is 11.7 Å². The minimum Gasteiger partial charge on any atom is -0.384 e. The Morgan fingerprint density at radius 1 is 1.56 bits per heavy atom. The summed E-state index contributed by atoms with van der Waals surface area (Å²) < 4.78 is 15.6. The van der Waals surface area contributed by atoms with Gasteiger partial charge in [-0.1, -0.05) is 23.9 Å². The highest BCUT2D eigenvalue weighted by molar-refractivity contribution is 7.98. The SMILES string of the molecule is Cn1ccnc1SCc1ccc(C(=N)N)cc1F. The van der Waals surface area contributed by atoms with Crippen molar-refractivity contribution in [2.24, 2.45) is 12.8 Å². The minimum absolute atomic E-state index is 0.128. The Hall–Kier alpha value is -1.82. The van der Waals surface area contributed by atoms with Gasteiger partial charge >= 0.3 is 0 Å². The maximum Gasteiger partial charge on any atom is 0.167 e. The summed E-state index contributed by atoms with van der Waals surface area (Å²) in [5.74, 6) is 0.0242. The summed E-state index contributed by atoms with van der Waals surface area (Å²) in [4.78, 5) is 4.16. The van der Waals surface area contributed by atoms with Gasteiger partial charge in [-0.25, -0.2) is 9.37 Å². The van der Waals surface area contributed by atoms with E-state index >= 15 is 0 Å². The number of halogens is 1. The van der Waals surface area contributed by atoms with Crippen LogP contribution in [-0.4, -0.2) is 15.4 Å². The Morgan fingerprint density at radius 2 is 2.33 bits per heavy atom. The first-order valence-corrected chi connectivity index (χ1v) is 6.29. The lowest BCUT2D eigenvalue weighted by Gasteiger charge is -2.05. The van der Waals surface area contributed by atoms with Crippen LogP contribution in [0.25, 0.3) is 0 Å². The lowest BCUT2D eigenvalue weighted by molar-refractivity contribution is 0.617. The van der Waals surface area contributed by atoms with Crippen molar-refractivity contribution in [1.29, 1.82) is 5.41 Å². The third-order valence-electron chi connectivity index (χ3n) is 2.50. The van der Waals surface area contributed by atoms with Crippen LogP contribution in [0.1, 0.15) is 11.1 Å². The van der Waals surface area contributed by atoms with Crippen LogP contribution in [-0.2, 0) is 12.8 Å². The zero-order valence-electron chi connectivity index (χ0n) is 9.85. The molecule has 2 aromatic rings. The molecule has 0 atom stereocenters. The highest BCUT2D eigenvalue weighted by Crippen LogP contribution is 2.22. The molecule has 0 spiro atoms. The Bertz CT molecular complexity index is 579. The minimum atomic E-state index is -0.343. The van der Waals surface area contributed by atoms with E-state index in [4.69, 9.17) is 11.1 Å². The highest BCUT2D eigenvalue weighted by atomic mass is 32.2. The normalized spacial score (nSPS) is 10.6. The third kappa shape index (κ3) is 2.70. The maximum absolute atomic E-state index is 13.7. The molecule has 18 heavy (non-hydrogen) atoms. The molecule has 0 aliphatic carbocycles. The Labute approximate surface area is 109 Å². The van der Waals surface area contributed by atoms with Crippen molar-refractivity contribution in [2.45, 2.75) is 10.9 Å². The molecule has 0 bridgehead atoms. The number of nitrogens with two attached hydrogens (primary N) is 1. The van der Waals surface area contributed by atoms with Crippen LogP contribution in [0.5, 0.6) is 0 Å². The fourth-order valence-electron chi connectivity index (χ4n) is 1.47. The number of imidazole rings is 1. The molecule has 0 saturated heterocycles. The molecule has 0 amide bonds. The van der Waals surface area contributed by atoms with Gasteiger partial charge in [0.15, 0.2) is 5.16 Å². The molecule has 94 valence electrons. The topological polar surface area (TPSA) is 67.7 Å². The van der Waals surface area contributed by atoms with Crippen LogP contribution < -0.4 is 5.73 Å². The molecule has 1 heterocycles. The average Bonchev–Trinajstić information content (AvgIpc) is 2.73. The van der Waals surface area contributed by atoms with Crippen LogP contribution in [0.2, 0.25) is 0 Å². The number of thioether (sulfide) groups is 1. The maximum atomic E-state index is 13.7. The lowest BCUT2D eigenvalue weighted by atomic mass is 10.1. The number of aryl methyl sites for hydroxylation is 1. The second-order valence-electron chi connectivity index (χ2n) is 3.83. The summed E-state index contributed by atoms with van der Waals surface area (Å²) in [6.45, 7) is 0. The number of nitrogens with one attached hydrogen (secondary N) is 1. The largest absolute Gasteiger partial charge is 0.384 e. The number of hydrogen-bond donors (Lipinski definition) is 2. The summed E-state index contributed by atoms with van der Waals surface area (Å²) in [6.07, 6.45) is 3.55. The molecule has 6 heteroatoms. The average molecular weight is 264 g/mol. The van der Waals surface area contributed by atoms with E-state index in [0.717, 1.165) is 5.16 Å². The molecule has 3 N–H and O–H groups in total. The molecule has 1 aromatic heterocycles. The van der Waals surface area contributed by atoms with Crippen molar-refractivity contribution < 1.29 is 4.39 Å². The fraction of sp³-hybridized carbons (Fsp3) is 0.167. The van der Waals surface area contributed by atoms with Gasteiger partial charge < -0.3 is 10.3 Å². The van der Waals surface area contributed by atoms with Gasteiger partial charge in [0.1, 0.15) is 11.7 Å². The van der Waals surface area contributed by atoms with Crippen molar-refractivity contribution >= 4 is 17.6 Å². The number of amidine groups is 1. The summed E-state index contributed by atoms with van der Waals surface area (Å²) in [5, 5.41) is 8.08. The molecule has 0 aliphatic rings. The predicted molar refractivity (Wildman–Crippen MR) is 70.2 cm³/mol. The monoisotopic (exact) mass is 264 g/mol. The zero-order valence-corrected chi connectivity index (χ0v) is 10.7. The molecule has 0 aliphatic heterocycles. The van der Waals surface area contributed by atoms with Gasteiger partial charge in [-0.2, -0.15) is 0 Å². The van der Waals surface area contributed by atoms with Gasteiger partial charge in [-0.3, -0.25) is 5.41 Å². The smallest absolute Gasteiger partial charge is 0.167 e.